The minimum Gasteiger partial charge on any atom is -0.435 e. The average Bonchev–Trinajstić information content (AvgIpc) is 2.28. The Balaban J connectivity index is 2.38. The smallest absolute Gasteiger partial charge is 0.387 e. The van der Waals surface area contributed by atoms with Gasteiger partial charge in [-0.1, -0.05) is 12.1 Å². The van der Waals surface area contributed by atoms with Crippen LogP contribution in [0.5, 0.6) is 5.75 Å². The van der Waals surface area contributed by atoms with Gasteiger partial charge in [0, 0.05) is 19.6 Å². The maximum absolute atomic E-state index is 12.0. The minimum atomic E-state index is -2.81. The Morgan fingerprint density at radius 3 is 2.40 bits per heavy atom. The van der Waals surface area contributed by atoms with E-state index in [1.165, 1.54) is 12.1 Å². The number of rotatable bonds is 8. The van der Waals surface area contributed by atoms with Crippen LogP contribution in [0.25, 0.3) is 0 Å². The molecule has 1 unspecified atom stereocenters. The molecule has 0 fully saturated rings. The van der Waals surface area contributed by atoms with E-state index in [9.17, 15) is 13.9 Å². The summed E-state index contributed by atoms with van der Waals surface area (Å²) in [6, 6.07) is 6.43. The van der Waals surface area contributed by atoms with Crippen LogP contribution in [-0.4, -0.2) is 49.4 Å². The molecule has 0 aromatic heterocycles. The molecular weight excluding hydrogens is 266 g/mol. The van der Waals surface area contributed by atoms with E-state index in [1.807, 2.05) is 19.0 Å². The summed E-state index contributed by atoms with van der Waals surface area (Å²) in [4.78, 5) is 1.91. The van der Waals surface area contributed by atoms with Crippen LogP contribution in [0.1, 0.15) is 12.5 Å². The van der Waals surface area contributed by atoms with Crippen LogP contribution in [0.4, 0.5) is 8.78 Å². The van der Waals surface area contributed by atoms with Gasteiger partial charge in [-0.25, -0.2) is 0 Å². The molecule has 0 saturated heterocycles. The van der Waals surface area contributed by atoms with Gasteiger partial charge in [0.1, 0.15) is 5.75 Å². The number of nitrogens with zero attached hydrogens (tertiary/aromatic N) is 1. The molecule has 2 N–H and O–H groups in total. The van der Waals surface area contributed by atoms with E-state index < -0.39 is 12.2 Å². The lowest BCUT2D eigenvalue weighted by Gasteiger charge is -2.27. The van der Waals surface area contributed by atoms with Crippen LogP contribution < -0.4 is 10.1 Å². The highest BCUT2D eigenvalue weighted by Gasteiger charge is 2.20. The number of halogens is 2. The van der Waals surface area contributed by atoms with Crippen molar-refractivity contribution in [3.8, 4) is 5.75 Å². The zero-order chi connectivity index (χ0) is 15.2. The fourth-order valence-electron chi connectivity index (χ4n) is 2.00. The second-order valence-corrected chi connectivity index (χ2v) is 5.36. The molecule has 0 bridgehead atoms. The Kier molecular flexibility index (Phi) is 6.32. The summed E-state index contributed by atoms with van der Waals surface area (Å²) >= 11 is 0. The highest BCUT2D eigenvalue weighted by Crippen LogP contribution is 2.14. The summed E-state index contributed by atoms with van der Waals surface area (Å²) in [5, 5.41) is 13.2. The largest absolute Gasteiger partial charge is 0.435 e. The lowest BCUT2D eigenvalue weighted by atomic mass is 10.1. The van der Waals surface area contributed by atoms with E-state index in [2.05, 4.69) is 10.1 Å². The van der Waals surface area contributed by atoms with Crippen molar-refractivity contribution < 1.29 is 18.6 Å². The predicted molar refractivity (Wildman–Crippen MR) is 74.0 cm³/mol. The summed E-state index contributed by atoms with van der Waals surface area (Å²) in [6.07, 6.45) is 0. The van der Waals surface area contributed by atoms with Crippen molar-refractivity contribution in [2.24, 2.45) is 0 Å². The molecule has 1 aromatic carbocycles. The van der Waals surface area contributed by atoms with Gasteiger partial charge in [-0.15, -0.1) is 0 Å². The molecular formula is C14H22F2N2O2. The van der Waals surface area contributed by atoms with Crippen LogP contribution in [0.3, 0.4) is 0 Å². The van der Waals surface area contributed by atoms with Gasteiger partial charge in [-0.2, -0.15) is 8.78 Å². The van der Waals surface area contributed by atoms with Crippen molar-refractivity contribution in [1.82, 2.24) is 10.2 Å². The maximum atomic E-state index is 12.0. The molecule has 6 heteroatoms. The fourth-order valence-corrected chi connectivity index (χ4v) is 2.00. The number of nitrogens with one attached hydrogen (secondary N) is 1. The van der Waals surface area contributed by atoms with Gasteiger partial charge < -0.3 is 20.1 Å². The zero-order valence-electron chi connectivity index (χ0n) is 12.1. The second kappa shape index (κ2) is 7.52. The van der Waals surface area contributed by atoms with Gasteiger partial charge in [0.05, 0.1) is 5.60 Å². The second-order valence-electron chi connectivity index (χ2n) is 5.36. The molecule has 0 spiro atoms. The molecule has 0 amide bonds. The average molecular weight is 288 g/mol. The van der Waals surface area contributed by atoms with E-state index >= 15 is 0 Å². The summed E-state index contributed by atoms with van der Waals surface area (Å²) < 4.78 is 28.3. The van der Waals surface area contributed by atoms with Crippen molar-refractivity contribution in [1.29, 1.82) is 0 Å². The van der Waals surface area contributed by atoms with Gasteiger partial charge in [0.15, 0.2) is 0 Å². The van der Waals surface area contributed by atoms with E-state index in [1.54, 1.807) is 19.1 Å². The van der Waals surface area contributed by atoms with Crippen molar-refractivity contribution in [2.45, 2.75) is 25.7 Å². The predicted octanol–water partition coefficient (Wildman–Crippen LogP) is 1.69. The van der Waals surface area contributed by atoms with Crippen LogP contribution in [0.15, 0.2) is 24.3 Å². The number of alkyl halides is 2. The lowest BCUT2D eigenvalue weighted by Crippen LogP contribution is -2.45. The molecule has 1 rings (SSSR count). The Bertz CT molecular complexity index is 395. The third-order valence-electron chi connectivity index (χ3n) is 2.64. The Morgan fingerprint density at radius 2 is 1.90 bits per heavy atom. The maximum Gasteiger partial charge on any atom is 0.387 e. The first-order chi connectivity index (χ1) is 9.28. The topological polar surface area (TPSA) is 44.7 Å². The minimum absolute atomic E-state index is 0.142. The number of hydrogen-bond donors (Lipinski definition) is 2. The summed E-state index contributed by atoms with van der Waals surface area (Å²) in [5.41, 5.74) is 0.120. The Hall–Kier alpha value is -1.24. The van der Waals surface area contributed by atoms with Crippen molar-refractivity contribution in [3.05, 3.63) is 29.8 Å². The molecule has 0 heterocycles. The Morgan fingerprint density at radius 1 is 1.30 bits per heavy atom. The quantitative estimate of drug-likeness (QED) is 0.764. The van der Waals surface area contributed by atoms with Crippen molar-refractivity contribution in [2.75, 3.05) is 27.2 Å². The fraction of sp³-hybridized carbons (Fsp3) is 0.571. The van der Waals surface area contributed by atoms with Crippen LogP contribution in [0, 0.1) is 0 Å². The van der Waals surface area contributed by atoms with Gasteiger partial charge in [0.2, 0.25) is 0 Å². The number of ether oxygens (including phenoxy) is 1. The first-order valence-corrected chi connectivity index (χ1v) is 6.40. The highest BCUT2D eigenvalue weighted by molar-refractivity contribution is 5.27. The standard InChI is InChI=1S/C14H22F2N2O2/c1-14(19,10-18(2)3)9-17-8-11-4-6-12(7-5-11)20-13(15)16/h4-7,13,17,19H,8-10H2,1-3H3. The third kappa shape index (κ3) is 6.79. The molecule has 20 heavy (non-hydrogen) atoms. The Labute approximate surface area is 118 Å². The van der Waals surface area contributed by atoms with Gasteiger partial charge >= 0.3 is 6.61 Å². The molecule has 0 aliphatic rings. The number of aliphatic hydroxyl groups is 1. The summed E-state index contributed by atoms with van der Waals surface area (Å²) in [7, 11) is 3.80. The number of likely N-dealkylation sites (N-methyl/N-ethyl adjacent to an activating group) is 1. The molecule has 1 atom stereocenters. The first kappa shape index (κ1) is 16.8. The normalized spacial score (nSPS) is 14.6. The summed E-state index contributed by atoms with van der Waals surface area (Å²) in [5.74, 6) is 0.142. The molecule has 0 aliphatic carbocycles. The molecule has 4 nitrogen and oxygen atoms in total. The number of benzene rings is 1. The van der Waals surface area contributed by atoms with E-state index in [4.69, 9.17) is 0 Å². The molecule has 0 saturated carbocycles. The van der Waals surface area contributed by atoms with Crippen molar-refractivity contribution in [3.63, 3.8) is 0 Å². The summed E-state index contributed by atoms with van der Waals surface area (Å²) in [6.45, 7) is 0.514. The van der Waals surface area contributed by atoms with Crippen LogP contribution in [0.2, 0.25) is 0 Å². The van der Waals surface area contributed by atoms with Crippen LogP contribution >= 0.6 is 0 Å². The molecule has 1 aromatic rings. The van der Waals surface area contributed by atoms with Crippen molar-refractivity contribution >= 4 is 0 Å². The van der Waals surface area contributed by atoms with Gasteiger partial charge in [-0.3, -0.25) is 0 Å². The van der Waals surface area contributed by atoms with E-state index in [-0.39, 0.29) is 5.75 Å². The highest BCUT2D eigenvalue weighted by atomic mass is 19.3. The number of hydrogen-bond acceptors (Lipinski definition) is 4. The van der Waals surface area contributed by atoms with E-state index in [0.717, 1.165) is 5.56 Å². The molecule has 0 radical (unpaired) electrons. The van der Waals surface area contributed by atoms with Crippen LogP contribution in [-0.2, 0) is 6.54 Å². The molecule has 114 valence electrons. The zero-order valence-corrected chi connectivity index (χ0v) is 12.1. The first-order valence-electron chi connectivity index (χ1n) is 6.40. The van der Waals surface area contributed by atoms with E-state index in [0.29, 0.717) is 19.6 Å². The lowest BCUT2D eigenvalue weighted by molar-refractivity contribution is -0.0498. The monoisotopic (exact) mass is 288 g/mol. The van der Waals surface area contributed by atoms with Gasteiger partial charge in [0.25, 0.3) is 0 Å². The molecule has 0 aliphatic heterocycles. The van der Waals surface area contributed by atoms with Gasteiger partial charge in [-0.05, 0) is 38.7 Å². The SMILES string of the molecule is CN(C)CC(C)(O)CNCc1ccc(OC(F)F)cc1. The third-order valence-corrected chi connectivity index (χ3v) is 2.64.